The molecule has 5 heteroatoms. The molecule has 0 spiro atoms. The van der Waals surface area contributed by atoms with Crippen molar-refractivity contribution in [2.75, 3.05) is 6.61 Å². The molecule has 1 saturated heterocycles. The predicted molar refractivity (Wildman–Crippen MR) is 103 cm³/mol. The number of hydrogen-bond acceptors (Lipinski definition) is 3. The summed E-state index contributed by atoms with van der Waals surface area (Å²) in [4.78, 5) is 1.91. The summed E-state index contributed by atoms with van der Waals surface area (Å²) in [5, 5.41) is 9.70. The summed E-state index contributed by atoms with van der Waals surface area (Å²) in [6, 6.07) is 0. The van der Waals surface area contributed by atoms with E-state index in [1.54, 1.807) is 0 Å². The maximum atomic E-state index is 5.89. The molecule has 1 aliphatic heterocycles. The third kappa shape index (κ3) is 5.45. The van der Waals surface area contributed by atoms with Crippen LogP contribution >= 0.6 is 0 Å². The van der Waals surface area contributed by atoms with Gasteiger partial charge in [-0.25, -0.2) is 0 Å². The summed E-state index contributed by atoms with van der Waals surface area (Å²) in [5.74, 6) is 0. The van der Waals surface area contributed by atoms with Gasteiger partial charge in [0.05, 0.1) is 0 Å². The first-order chi connectivity index (χ1) is 11.8. The van der Waals surface area contributed by atoms with E-state index in [-0.39, 0.29) is 6.23 Å². The van der Waals surface area contributed by atoms with Crippen molar-refractivity contribution in [1.82, 2.24) is 15.0 Å². The molecule has 2 heterocycles. The van der Waals surface area contributed by atoms with E-state index in [1.807, 2.05) is 4.80 Å². The fourth-order valence-corrected chi connectivity index (χ4v) is 18.9. The normalized spacial score (nSPS) is 18.9. The molecule has 0 bridgehead atoms. The number of unbranched alkanes of at least 4 members (excludes halogenated alkanes) is 3. The Balaban J connectivity index is 2.20. The van der Waals surface area contributed by atoms with Crippen LogP contribution in [0.1, 0.15) is 84.8 Å². The first-order valence-electron chi connectivity index (χ1n) is 10.3. The van der Waals surface area contributed by atoms with Gasteiger partial charge in [0.2, 0.25) is 0 Å². The minimum atomic E-state index is -2.42. The van der Waals surface area contributed by atoms with Gasteiger partial charge in [-0.15, -0.1) is 0 Å². The van der Waals surface area contributed by atoms with Crippen molar-refractivity contribution < 1.29 is 4.74 Å². The summed E-state index contributed by atoms with van der Waals surface area (Å²) in [6.07, 6.45) is 13.7. The number of rotatable bonds is 11. The Bertz CT molecular complexity index is 435. The Morgan fingerprint density at radius 2 is 1.67 bits per heavy atom. The first-order valence-corrected chi connectivity index (χ1v) is 17.8. The summed E-state index contributed by atoms with van der Waals surface area (Å²) in [6.45, 7) is 7.83. The third-order valence-electron chi connectivity index (χ3n) is 5.49. The van der Waals surface area contributed by atoms with Crippen LogP contribution in [0.3, 0.4) is 0 Å². The van der Waals surface area contributed by atoms with Gasteiger partial charge in [0.15, 0.2) is 0 Å². The molecule has 2 rings (SSSR count). The van der Waals surface area contributed by atoms with Crippen LogP contribution in [0.4, 0.5) is 0 Å². The molecule has 4 nitrogen and oxygen atoms in total. The van der Waals surface area contributed by atoms with E-state index in [2.05, 4.69) is 32.1 Å². The molecule has 0 amide bonds. The van der Waals surface area contributed by atoms with Crippen molar-refractivity contribution >= 4 is 22.1 Å². The van der Waals surface area contributed by atoms with Crippen molar-refractivity contribution in [3.63, 3.8) is 0 Å². The molecule has 0 aromatic carbocycles. The van der Waals surface area contributed by atoms with Gasteiger partial charge in [-0.1, -0.05) is 0 Å². The van der Waals surface area contributed by atoms with E-state index in [0.29, 0.717) is 0 Å². The zero-order chi connectivity index (χ0) is 17.3. The predicted octanol–water partition coefficient (Wildman–Crippen LogP) is 5.03. The molecular formula is C19H37N3OSn. The second kappa shape index (κ2) is 10.8. The van der Waals surface area contributed by atoms with Crippen LogP contribution in [0.2, 0.25) is 13.3 Å². The summed E-state index contributed by atoms with van der Waals surface area (Å²) < 4.78 is 11.7. The Morgan fingerprint density at radius 3 is 2.17 bits per heavy atom. The van der Waals surface area contributed by atoms with E-state index < -0.39 is 18.4 Å². The van der Waals surface area contributed by atoms with Crippen molar-refractivity contribution in [2.24, 2.45) is 0 Å². The SMILES string of the molecule is CCC[CH2][Sn]([CH2]CCC)([CH2]CCC)[c]1cnn(C2CCCCO2)n1. The van der Waals surface area contributed by atoms with Gasteiger partial charge in [-0.2, -0.15) is 0 Å². The molecule has 0 aliphatic carbocycles. The van der Waals surface area contributed by atoms with Crippen LogP contribution < -0.4 is 3.71 Å². The molecule has 1 unspecified atom stereocenters. The van der Waals surface area contributed by atoms with E-state index in [0.717, 1.165) is 13.0 Å². The standard InChI is InChI=1S/C7H10N3O.3C4H9.Sn/c1-2-6-11-7(3-1)10-8-4-5-9-10;3*1-3-4-2;/h4,7H,1-3,6H2;3*1,3-4H2,2H3;. The molecule has 138 valence electrons. The first kappa shape index (κ1) is 20.2. The molecular weight excluding hydrogens is 405 g/mol. The van der Waals surface area contributed by atoms with Gasteiger partial charge in [0.25, 0.3) is 0 Å². The van der Waals surface area contributed by atoms with Gasteiger partial charge < -0.3 is 0 Å². The zero-order valence-electron chi connectivity index (χ0n) is 16.1. The number of hydrogen-bond donors (Lipinski definition) is 0. The van der Waals surface area contributed by atoms with Crippen molar-refractivity contribution in [3.05, 3.63) is 6.20 Å². The Kier molecular flexibility index (Phi) is 9.09. The molecule has 1 atom stereocenters. The second-order valence-electron chi connectivity index (χ2n) is 7.46. The average Bonchev–Trinajstić information content (AvgIpc) is 3.13. The fraction of sp³-hybridized carbons (Fsp3) is 0.895. The second-order valence-corrected chi connectivity index (χ2v) is 20.5. The van der Waals surface area contributed by atoms with E-state index in [4.69, 9.17) is 9.84 Å². The van der Waals surface area contributed by atoms with E-state index in [9.17, 15) is 0 Å². The monoisotopic (exact) mass is 443 g/mol. The van der Waals surface area contributed by atoms with Crippen molar-refractivity contribution in [1.29, 1.82) is 0 Å². The summed E-state index contributed by atoms with van der Waals surface area (Å²) in [7, 11) is 0. The molecule has 0 radical (unpaired) electrons. The molecule has 0 N–H and O–H groups in total. The van der Waals surface area contributed by atoms with Gasteiger partial charge >= 0.3 is 153 Å². The van der Waals surface area contributed by atoms with E-state index in [1.165, 1.54) is 68.4 Å². The minimum absolute atomic E-state index is 0.0833. The number of ether oxygens (including phenoxy) is 1. The van der Waals surface area contributed by atoms with Crippen LogP contribution in [0.15, 0.2) is 6.20 Å². The van der Waals surface area contributed by atoms with Gasteiger partial charge in [0, 0.05) is 0 Å². The Morgan fingerprint density at radius 1 is 1.04 bits per heavy atom. The maximum absolute atomic E-state index is 5.89. The van der Waals surface area contributed by atoms with Crippen LogP contribution in [-0.4, -0.2) is 40.0 Å². The van der Waals surface area contributed by atoms with Crippen LogP contribution in [0.25, 0.3) is 0 Å². The molecule has 1 aliphatic rings. The van der Waals surface area contributed by atoms with E-state index >= 15 is 0 Å². The summed E-state index contributed by atoms with van der Waals surface area (Å²) >= 11 is -2.42. The van der Waals surface area contributed by atoms with Crippen molar-refractivity contribution in [2.45, 2.75) is 98.1 Å². The third-order valence-corrected chi connectivity index (χ3v) is 20.5. The molecule has 1 aromatic heterocycles. The molecule has 24 heavy (non-hydrogen) atoms. The van der Waals surface area contributed by atoms with Crippen molar-refractivity contribution in [3.8, 4) is 0 Å². The Labute approximate surface area is 152 Å². The van der Waals surface area contributed by atoms with Gasteiger partial charge in [-0.05, 0) is 0 Å². The quantitative estimate of drug-likeness (QED) is 0.452. The molecule has 1 aromatic rings. The topological polar surface area (TPSA) is 39.9 Å². The molecule has 1 fully saturated rings. The average molecular weight is 442 g/mol. The van der Waals surface area contributed by atoms with Crippen LogP contribution in [0.5, 0.6) is 0 Å². The van der Waals surface area contributed by atoms with Gasteiger partial charge in [0.1, 0.15) is 0 Å². The van der Waals surface area contributed by atoms with Gasteiger partial charge in [-0.3, -0.25) is 0 Å². The van der Waals surface area contributed by atoms with Crippen LogP contribution in [-0.2, 0) is 4.74 Å². The summed E-state index contributed by atoms with van der Waals surface area (Å²) in [5.41, 5.74) is 0. The van der Waals surface area contributed by atoms with Crippen LogP contribution in [0, 0.1) is 0 Å². The Hall–Kier alpha value is -0.101. The zero-order valence-corrected chi connectivity index (χ0v) is 19.0. The fourth-order valence-electron chi connectivity index (χ4n) is 3.87. The number of aromatic nitrogens is 3. The molecule has 0 saturated carbocycles. The number of nitrogens with zero attached hydrogens (tertiary/aromatic N) is 3.